The zero-order chi connectivity index (χ0) is 50.2. The van der Waals surface area contributed by atoms with E-state index in [9.17, 15) is 0 Å². The van der Waals surface area contributed by atoms with E-state index in [2.05, 4.69) is 229 Å². The van der Waals surface area contributed by atoms with Gasteiger partial charge in [0.05, 0.1) is 0 Å². The molecule has 0 amide bonds. The van der Waals surface area contributed by atoms with Crippen LogP contribution in [0.5, 0.6) is 11.5 Å². The van der Waals surface area contributed by atoms with Gasteiger partial charge in [-0.1, -0.05) is 0 Å². The second-order valence-corrected chi connectivity index (χ2v) is 38.3. The van der Waals surface area contributed by atoms with Gasteiger partial charge < -0.3 is 0 Å². The van der Waals surface area contributed by atoms with Crippen LogP contribution in [-0.4, -0.2) is 19.7 Å². The van der Waals surface area contributed by atoms with Crippen molar-refractivity contribution < 1.29 is 5.63 Å². The first-order valence-electron chi connectivity index (χ1n) is 24.5. The third-order valence-electron chi connectivity index (χ3n) is 15.3. The van der Waals surface area contributed by atoms with Crippen LogP contribution in [0.25, 0.3) is 21.5 Å². The van der Waals surface area contributed by atoms with E-state index < -0.39 is 19.7 Å². The molecule has 0 saturated carbocycles. The zero-order valence-corrected chi connectivity index (χ0v) is 48.1. The van der Waals surface area contributed by atoms with Gasteiger partial charge in [-0.25, -0.2) is 0 Å². The van der Waals surface area contributed by atoms with Crippen molar-refractivity contribution >= 4 is 149 Å². The monoisotopic (exact) mass is 1220 g/mol. The average Bonchev–Trinajstić information content (AvgIpc) is 3.71. The fraction of sp³-hybridized carbons (Fsp3) is 0.194. The summed E-state index contributed by atoms with van der Waals surface area (Å²) in [5.74, 6) is 0.599. The molecule has 360 valence electrons. The zero-order valence-electron chi connectivity index (χ0n) is 41.6. The Kier molecular flexibility index (Phi) is 9.85. The third kappa shape index (κ3) is 6.11. The van der Waals surface area contributed by atoms with Gasteiger partial charge >= 0.3 is 447 Å². The van der Waals surface area contributed by atoms with E-state index >= 15 is 0 Å². The SMILES string of the molecule is CC(C)(C)c1ccc(N2c3cc4ccccc4c4[c]3[Bi]35([O]c6c(Cl)c(Cl)c(Cl)c(Cl)c6[O]3)[c]3c(cccc3N(c3ccc(C(C)(C)C)cc3)c3[c]5c2cc2ccccc32)N4c2ccc(C(C)(C)C)cc2)cc1. The molecule has 0 radical (unpaired) electrons. The molecule has 0 bridgehead atoms. The Morgan fingerprint density at radius 1 is 0.361 bits per heavy atom. The van der Waals surface area contributed by atoms with Crippen molar-refractivity contribution in [2.75, 3.05) is 14.7 Å². The van der Waals surface area contributed by atoms with Crippen LogP contribution in [0.2, 0.25) is 20.1 Å². The number of fused-ring (bicyclic) bond motifs is 5. The van der Waals surface area contributed by atoms with Gasteiger partial charge in [-0.15, -0.1) is 0 Å². The second-order valence-electron chi connectivity index (χ2n) is 22.7. The molecular weight excluding hydrogens is 1170 g/mol. The molecule has 10 heteroatoms. The minimum absolute atomic E-state index is 0.0664. The molecule has 0 aromatic heterocycles. The third-order valence-corrected chi connectivity index (χ3v) is 35.8. The van der Waals surface area contributed by atoms with E-state index in [0.29, 0.717) is 11.5 Å². The Bertz CT molecular complexity index is 3620. The van der Waals surface area contributed by atoms with Crippen LogP contribution >= 0.6 is 46.4 Å². The van der Waals surface area contributed by atoms with E-state index in [1.54, 1.807) is 0 Å². The Morgan fingerprint density at radius 3 is 1.07 bits per heavy atom. The van der Waals surface area contributed by atoms with Crippen LogP contribution in [0.15, 0.2) is 152 Å². The molecule has 4 aliphatic rings. The summed E-state index contributed by atoms with van der Waals surface area (Å²) in [6, 6.07) is 55.8. The van der Waals surface area contributed by atoms with E-state index in [-0.39, 0.29) is 36.3 Å². The topological polar surface area (TPSA) is 28.2 Å². The van der Waals surface area contributed by atoms with Gasteiger partial charge in [0.25, 0.3) is 0 Å². The van der Waals surface area contributed by atoms with Crippen LogP contribution in [0.1, 0.15) is 79.0 Å². The molecule has 0 unspecified atom stereocenters. The second kappa shape index (κ2) is 15.3. The number of halogens is 4. The summed E-state index contributed by atoms with van der Waals surface area (Å²) in [6.45, 7) is 20.3. The molecule has 5 nitrogen and oxygen atoms in total. The van der Waals surface area contributed by atoms with E-state index in [4.69, 9.17) is 52.0 Å². The quantitative estimate of drug-likeness (QED) is 0.0999. The number of hydrogen-bond donors (Lipinski definition) is 0. The van der Waals surface area contributed by atoms with Crippen molar-refractivity contribution in [3.8, 4) is 11.5 Å². The van der Waals surface area contributed by atoms with Gasteiger partial charge in [0, 0.05) is 0 Å². The number of benzene rings is 9. The molecule has 4 aliphatic heterocycles. The summed E-state index contributed by atoms with van der Waals surface area (Å²) < 4.78 is 19.6. The van der Waals surface area contributed by atoms with Crippen molar-refractivity contribution in [1.82, 2.24) is 0 Å². The van der Waals surface area contributed by atoms with Gasteiger partial charge in [-0.05, 0) is 0 Å². The van der Waals surface area contributed by atoms with Crippen LogP contribution in [0.3, 0.4) is 0 Å². The summed E-state index contributed by atoms with van der Waals surface area (Å²) in [5, 5.41) is 4.77. The Morgan fingerprint density at radius 2 is 0.708 bits per heavy atom. The molecule has 0 aliphatic carbocycles. The van der Waals surface area contributed by atoms with Crippen LogP contribution in [0, 0.1) is 0 Å². The van der Waals surface area contributed by atoms with Crippen molar-refractivity contribution in [1.29, 1.82) is 0 Å². The summed E-state index contributed by atoms with van der Waals surface area (Å²) in [5.41, 5.74) is 12.3. The average molecular weight is 1220 g/mol. The molecule has 72 heavy (non-hydrogen) atoms. The van der Waals surface area contributed by atoms with Gasteiger partial charge in [0.2, 0.25) is 0 Å². The fourth-order valence-electron chi connectivity index (χ4n) is 11.7. The van der Waals surface area contributed by atoms with Gasteiger partial charge in [-0.3, -0.25) is 0 Å². The van der Waals surface area contributed by atoms with Crippen molar-refractivity contribution in [3.05, 3.63) is 188 Å². The fourth-order valence-corrected chi connectivity index (χ4v) is 35.8. The number of hydrogen-bond acceptors (Lipinski definition) is 5. The van der Waals surface area contributed by atoms with E-state index in [1.165, 1.54) is 16.7 Å². The molecule has 0 N–H and O–H groups in total. The molecule has 13 rings (SSSR count). The first-order valence-corrected chi connectivity index (χ1v) is 34.0. The van der Waals surface area contributed by atoms with Crippen molar-refractivity contribution in [2.24, 2.45) is 0 Å². The minimum atomic E-state index is -6.68. The van der Waals surface area contributed by atoms with Gasteiger partial charge in [0.15, 0.2) is 0 Å². The summed E-state index contributed by atoms with van der Waals surface area (Å²) in [6.07, 6.45) is 0. The molecule has 1 spiro atoms. The molecule has 4 heterocycles. The van der Waals surface area contributed by atoms with E-state index in [0.717, 1.165) is 82.5 Å². The van der Waals surface area contributed by atoms with Crippen molar-refractivity contribution in [2.45, 2.75) is 78.6 Å². The Balaban J connectivity index is 1.29. The first-order chi connectivity index (χ1) is 34.2. The van der Waals surface area contributed by atoms with Crippen LogP contribution in [0.4, 0.5) is 51.2 Å². The summed E-state index contributed by atoms with van der Waals surface area (Å²) in [4.78, 5) is 7.36. The van der Waals surface area contributed by atoms with Crippen LogP contribution < -0.4 is 30.1 Å². The van der Waals surface area contributed by atoms with Crippen LogP contribution in [-0.2, 0) is 16.2 Å². The van der Waals surface area contributed by atoms with Crippen molar-refractivity contribution in [3.63, 3.8) is 0 Å². The predicted molar refractivity (Wildman–Crippen MR) is 308 cm³/mol. The maximum absolute atomic E-state index is 8.35. The maximum atomic E-state index is 8.35. The van der Waals surface area contributed by atoms with Gasteiger partial charge in [-0.2, -0.15) is 0 Å². The Hall–Kier alpha value is -5.46. The Labute approximate surface area is 443 Å². The number of anilines is 9. The molecule has 0 atom stereocenters. The number of nitrogens with zero attached hydrogens (tertiary/aromatic N) is 3. The molecular formula is C62H52BiCl4N3O2. The molecule has 0 fully saturated rings. The normalized spacial score (nSPS) is 16.3. The van der Waals surface area contributed by atoms with E-state index in [1.807, 2.05) is 0 Å². The molecule has 9 aromatic carbocycles. The summed E-state index contributed by atoms with van der Waals surface area (Å²) in [7, 11) is 0. The standard InChI is InChI=1S/C56H52N3.C6H2Cl4O2.Bi/c1-54(2,3)40-21-27-43(28-22-40)57-48-33-38-15-10-12-19-50(38)52(36-48)58(44-29-23-41(24-30-44)55(4,5)6)46-17-14-18-47(35-46)59(45-31-25-42(26-32-45)56(7,8)9)53-37-49(57)34-39-16-11-13-20-51(39)53;7-1-2(8)4(10)6(12)5(11)3(1)9;/h10-34H,1-9H3;11-12H;/q;;+2/p-2. The molecule has 9 aromatic rings. The predicted octanol–water partition coefficient (Wildman–Crippen LogP) is 17.7. The first kappa shape index (κ1) is 46.3. The number of rotatable bonds is 3. The summed E-state index contributed by atoms with van der Waals surface area (Å²) >= 11 is 22.4. The van der Waals surface area contributed by atoms with Gasteiger partial charge in [0.1, 0.15) is 0 Å². The molecule has 0 saturated heterocycles.